The van der Waals surface area contributed by atoms with Gasteiger partial charge < -0.3 is 20.5 Å². The van der Waals surface area contributed by atoms with E-state index in [-0.39, 0.29) is 29.2 Å². The molecule has 1 aliphatic carbocycles. The molecule has 2 amide bonds. The second-order valence-corrected chi connectivity index (χ2v) is 15.4. The average molecular weight is 604 g/mol. The lowest BCUT2D eigenvalue weighted by Crippen LogP contribution is -2.50. The molecular formula is C35H49N5O2S. The van der Waals surface area contributed by atoms with Crippen molar-refractivity contribution >= 4 is 33.4 Å². The number of thiophene rings is 1. The number of piperidine rings is 1. The van der Waals surface area contributed by atoms with Crippen molar-refractivity contribution in [1.82, 2.24) is 25.4 Å². The molecule has 1 aromatic carbocycles. The minimum absolute atomic E-state index is 0.0118. The van der Waals surface area contributed by atoms with Gasteiger partial charge in [-0.1, -0.05) is 31.0 Å². The van der Waals surface area contributed by atoms with E-state index in [1.54, 1.807) is 0 Å². The molecule has 2 aliphatic heterocycles. The topological polar surface area (TPSA) is 80.5 Å². The molecule has 43 heavy (non-hydrogen) atoms. The SMILES string of the molecule is Cc1cc(C)cc(-c2[nH]c3sc(C(C)(C)CC4C5CCC4C(=O)N5)cc3c2CCN2CCN(CC(=O)NC(C)C)CC2)c1. The number of nitrogens with one attached hydrogen (secondary N) is 3. The third-order valence-corrected chi connectivity index (χ3v) is 11.4. The molecule has 8 heteroatoms. The normalized spacial score (nSPS) is 23.0. The van der Waals surface area contributed by atoms with Gasteiger partial charge in [0.2, 0.25) is 11.8 Å². The molecule has 2 saturated heterocycles. The minimum Gasteiger partial charge on any atom is -0.353 e. The van der Waals surface area contributed by atoms with E-state index < -0.39 is 0 Å². The molecule has 3 unspecified atom stereocenters. The van der Waals surface area contributed by atoms with E-state index in [0.717, 1.165) is 58.4 Å². The second-order valence-electron chi connectivity index (χ2n) is 14.3. The van der Waals surface area contributed by atoms with Crippen LogP contribution in [-0.4, -0.2) is 78.0 Å². The Hall–Kier alpha value is -2.68. The first-order valence-corrected chi connectivity index (χ1v) is 17.1. The van der Waals surface area contributed by atoms with Crippen molar-refractivity contribution in [2.45, 2.75) is 84.7 Å². The van der Waals surface area contributed by atoms with E-state index in [0.29, 0.717) is 18.5 Å². The lowest BCUT2D eigenvalue weighted by atomic mass is 9.78. The van der Waals surface area contributed by atoms with E-state index in [1.807, 2.05) is 25.2 Å². The van der Waals surface area contributed by atoms with Crippen molar-refractivity contribution in [2.24, 2.45) is 11.8 Å². The summed E-state index contributed by atoms with van der Waals surface area (Å²) in [5.41, 5.74) is 6.52. The molecule has 2 aromatic heterocycles. The summed E-state index contributed by atoms with van der Waals surface area (Å²) < 4.78 is 0. The number of amides is 2. The van der Waals surface area contributed by atoms with Crippen LogP contribution in [0.25, 0.3) is 21.5 Å². The van der Waals surface area contributed by atoms with Crippen LogP contribution in [0.1, 0.15) is 68.5 Å². The van der Waals surface area contributed by atoms with Crippen molar-refractivity contribution in [1.29, 1.82) is 0 Å². The van der Waals surface area contributed by atoms with Gasteiger partial charge in [0.15, 0.2) is 0 Å². The second kappa shape index (κ2) is 12.0. The van der Waals surface area contributed by atoms with Gasteiger partial charge in [0, 0.05) is 61.0 Å². The highest BCUT2D eigenvalue weighted by molar-refractivity contribution is 7.18. The molecule has 3 aliphatic rings. The van der Waals surface area contributed by atoms with E-state index in [4.69, 9.17) is 0 Å². The van der Waals surface area contributed by atoms with Crippen LogP contribution in [0.2, 0.25) is 0 Å². The summed E-state index contributed by atoms with van der Waals surface area (Å²) in [5.74, 6) is 1.04. The number of aryl methyl sites for hydroxylation is 2. The van der Waals surface area contributed by atoms with Crippen LogP contribution in [0.3, 0.4) is 0 Å². The maximum absolute atomic E-state index is 12.4. The van der Waals surface area contributed by atoms with Crippen LogP contribution < -0.4 is 10.6 Å². The number of piperazine rings is 1. The molecule has 3 atom stereocenters. The molecular weight excluding hydrogens is 554 g/mol. The number of aromatic amines is 1. The molecule has 6 rings (SSSR count). The largest absolute Gasteiger partial charge is 0.353 e. The first kappa shape index (κ1) is 30.4. The van der Waals surface area contributed by atoms with Crippen LogP contribution in [0.5, 0.6) is 0 Å². The van der Waals surface area contributed by atoms with E-state index >= 15 is 0 Å². The predicted molar refractivity (Wildman–Crippen MR) is 177 cm³/mol. The van der Waals surface area contributed by atoms with Crippen LogP contribution in [0, 0.1) is 25.7 Å². The van der Waals surface area contributed by atoms with Gasteiger partial charge in [-0.25, -0.2) is 0 Å². The maximum atomic E-state index is 12.4. The van der Waals surface area contributed by atoms with Crippen molar-refractivity contribution in [3.63, 3.8) is 0 Å². The highest BCUT2D eigenvalue weighted by Gasteiger charge is 2.49. The Morgan fingerprint density at radius 2 is 1.74 bits per heavy atom. The fourth-order valence-corrected chi connectivity index (χ4v) is 9.04. The Balaban J connectivity index is 1.21. The van der Waals surface area contributed by atoms with E-state index in [2.05, 4.69) is 77.4 Å². The van der Waals surface area contributed by atoms with Gasteiger partial charge in [-0.05, 0) is 94.0 Å². The van der Waals surface area contributed by atoms with Gasteiger partial charge in [0.25, 0.3) is 0 Å². The van der Waals surface area contributed by atoms with Crippen LogP contribution in [0.4, 0.5) is 0 Å². The number of carbonyl (C=O) groups is 2. The Bertz CT molecular complexity index is 1470. The Morgan fingerprint density at radius 3 is 2.37 bits per heavy atom. The van der Waals surface area contributed by atoms with Crippen LogP contribution in [-0.2, 0) is 21.4 Å². The van der Waals surface area contributed by atoms with Gasteiger partial charge in [-0.3, -0.25) is 14.5 Å². The summed E-state index contributed by atoms with van der Waals surface area (Å²) in [6.45, 7) is 18.4. The quantitative estimate of drug-likeness (QED) is 0.290. The zero-order chi connectivity index (χ0) is 30.5. The number of aromatic nitrogens is 1. The molecule has 1 saturated carbocycles. The van der Waals surface area contributed by atoms with Gasteiger partial charge in [0.05, 0.1) is 12.2 Å². The van der Waals surface area contributed by atoms with Crippen LogP contribution in [0.15, 0.2) is 24.3 Å². The summed E-state index contributed by atoms with van der Waals surface area (Å²) in [6, 6.07) is 9.84. The summed E-state index contributed by atoms with van der Waals surface area (Å²) >= 11 is 1.90. The first-order chi connectivity index (χ1) is 20.5. The molecule has 0 spiro atoms. The highest BCUT2D eigenvalue weighted by atomic mass is 32.1. The highest BCUT2D eigenvalue weighted by Crippen LogP contribution is 2.47. The van der Waals surface area contributed by atoms with Gasteiger partial charge in [0.1, 0.15) is 4.83 Å². The van der Waals surface area contributed by atoms with Gasteiger partial charge in [-0.2, -0.15) is 0 Å². The van der Waals surface area contributed by atoms with Gasteiger partial charge >= 0.3 is 0 Å². The van der Waals surface area contributed by atoms with E-state index in [9.17, 15) is 9.59 Å². The van der Waals surface area contributed by atoms with Crippen LogP contribution >= 0.6 is 11.3 Å². The molecule has 232 valence electrons. The number of nitrogens with zero attached hydrogens (tertiary/aromatic N) is 2. The summed E-state index contributed by atoms with van der Waals surface area (Å²) in [6.07, 6.45) is 4.21. The number of fused-ring (bicyclic) bond motifs is 3. The first-order valence-electron chi connectivity index (χ1n) is 16.2. The summed E-state index contributed by atoms with van der Waals surface area (Å²) in [4.78, 5) is 36.0. The van der Waals surface area contributed by atoms with Gasteiger partial charge in [-0.15, -0.1) is 11.3 Å². The lowest BCUT2D eigenvalue weighted by Gasteiger charge is -2.34. The Morgan fingerprint density at radius 1 is 1.05 bits per heavy atom. The number of hydrogen-bond donors (Lipinski definition) is 3. The number of carbonyl (C=O) groups excluding carboxylic acids is 2. The van der Waals surface area contributed by atoms with E-state index in [1.165, 1.54) is 43.0 Å². The number of rotatable bonds is 10. The number of benzene rings is 1. The summed E-state index contributed by atoms with van der Waals surface area (Å²) in [7, 11) is 0. The average Bonchev–Trinajstić information content (AvgIpc) is 3.67. The monoisotopic (exact) mass is 603 g/mol. The molecule has 2 bridgehead atoms. The molecule has 4 heterocycles. The lowest BCUT2D eigenvalue weighted by molar-refractivity contribution is -0.124. The zero-order valence-corrected chi connectivity index (χ0v) is 27.6. The number of hydrogen-bond acceptors (Lipinski definition) is 5. The third-order valence-electron chi connectivity index (χ3n) is 9.97. The molecule has 0 radical (unpaired) electrons. The predicted octanol–water partition coefficient (Wildman–Crippen LogP) is 5.39. The fraction of sp³-hybridized carbons (Fsp3) is 0.600. The summed E-state index contributed by atoms with van der Waals surface area (Å²) in [5, 5.41) is 7.62. The smallest absolute Gasteiger partial charge is 0.234 e. The van der Waals surface area contributed by atoms with Crippen molar-refractivity contribution < 1.29 is 9.59 Å². The molecule has 3 aromatic rings. The molecule has 7 nitrogen and oxygen atoms in total. The maximum Gasteiger partial charge on any atom is 0.234 e. The van der Waals surface area contributed by atoms with Crippen molar-refractivity contribution in [3.05, 3.63) is 45.8 Å². The van der Waals surface area contributed by atoms with Crippen molar-refractivity contribution in [2.75, 3.05) is 39.3 Å². The number of H-pyrrole nitrogens is 1. The minimum atomic E-state index is 0.0118. The zero-order valence-electron chi connectivity index (χ0n) is 26.8. The molecule has 3 N–H and O–H groups in total. The Kier molecular flexibility index (Phi) is 8.48. The van der Waals surface area contributed by atoms with Crippen molar-refractivity contribution in [3.8, 4) is 11.3 Å². The standard InChI is InChI=1S/C35H49N5O2S/c1-21(2)36-31(41)20-40-13-11-39(12-14-40)10-9-25-27-18-30(35(5,6)19-28-26-7-8-29(28)37-33(26)42)43-34(27)38-32(25)24-16-22(3)15-23(4)17-24/h15-18,21,26,28-29,38H,7-14,19-20H2,1-6H3,(H,36,41)(H,37,42). The fourth-order valence-electron chi connectivity index (χ4n) is 7.84. The molecule has 3 fully saturated rings. The Labute approximate surface area is 260 Å². The third kappa shape index (κ3) is 6.43.